The van der Waals surface area contributed by atoms with Gasteiger partial charge in [-0.1, -0.05) is 36.4 Å². The van der Waals surface area contributed by atoms with Crippen LogP contribution in [0.25, 0.3) is 0 Å². The Hall–Kier alpha value is -2.82. The largest absolute Gasteiger partial charge is 0.333 e. The van der Waals surface area contributed by atoms with Gasteiger partial charge in [-0.2, -0.15) is 0 Å². The highest BCUT2D eigenvalue weighted by atomic mass is 16.2. The summed E-state index contributed by atoms with van der Waals surface area (Å²) in [5.41, 5.74) is 3.71. The molecule has 3 rings (SSSR count). The first-order valence-corrected chi connectivity index (χ1v) is 8.04. The molecule has 5 heteroatoms. The van der Waals surface area contributed by atoms with Crippen LogP contribution >= 0.6 is 0 Å². The van der Waals surface area contributed by atoms with E-state index in [0.717, 1.165) is 22.5 Å². The molecule has 0 aromatic heterocycles. The van der Waals surface area contributed by atoms with Gasteiger partial charge in [-0.15, -0.1) is 0 Å². The Balaban J connectivity index is 1.63. The van der Waals surface area contributed by atoms with E-state index in [4.69, 9.17) is 0 Å². The fourth-order valence-electron chi connectivity index (χ4n) is 3.01. The standard InChI is InChI=1S/C19H21N3O2/c1-13-7-6-8-14(2)18(13)21-19(24)20-15-11-17(23)22(12-15)16-9-4-3-5-10-16/h3-10,15H,11-12H2,1-2H3,(H2,20,21,24)/t15-/m1/s1. The van der Waals surface area contributed by atoms with E-state index < -0.39 is 0 Å². The molecular formula is C19H21N3O2. The summed E-state index contributed by atoms with van der Waals surface area (Å²) in [5, 5.41) is 5.79. The monoisotopic (exact) mass is 323 g/mol. The van der Waals surface area contributed by atoms with E-state index in [1.54, 1.807) is 4.90 Å². The van der Waals surface area contributed by atoms with Crippen molar-refractivity contribution in [3.63, 3.8) is 0 Å². The summed E-state index contributed by atoms with van der Waals surface area (Å²) < 4.78 is 0. The van der Waals surface area contributed by atoms with Crippen LogP contribution in [0.3, 0.4) is 0 Å². The van der Waals surface area contributed by atoms with Crippen molar-refractivity contribution >= 4 is 23.3 Å². The van der Waals surface area contributed by atoms with Crippen molar-refractivity contribution in [2.24, 2.45) is 0 Å². The van der Waals surface area contributed by atoms with Gasteiger partial charge < -0.3 is 15.5 Å². The Labute approximate surface area is 141 Å². The van der Waals surface area contributed by atoms with Gasteiger partial charge in [0.2, 0.25) is 5.91 Å². The average molecular weight is 323 g/mol. The van der Waals surface area contributed by atoms with Crippen LogP contribution in [0, 0.1) is 13.8 Å². The second kappa shape index (κ2) is 6.74. The van der Waals surface area contributed by atoms with Gasteiger partial charge in [0.05, 0.1) is 6.04 Å². The van der Waals surface area contributed by atoms with Crippen LogP contribution in [0.4, 0.5) is 16.2 Å². The van der Waals surface area contributed by atoms with Crippen LogP contribution in [0.15, 0.2) is 48.5 Å². The van der Waals surface area contributed by atoms with Gasteiger partial charge >= 0.3 is 6.03 Å². The molecular weight excluding hydrogens is 302 g/mol. The van der Waals surface area contributed by atoms with Crippen molar-refractivity contribution in [2.45, 2.75) is 26.3 Å². The Morgan fingerprint density at radius 3 is 2.38 bits per heavy atom. The molecule has 1 aliphatic heterocycles. The summed E-state index contributed by atoms with van der Waals surface area (Å²) in [6.07, 6.45) is 0.315. The molecule has 0 spiro atoms. The molecule has 1 heterocycles. The maximum absolute atomic E-state index is 12.3. The molecule has 2 aromatic rings. The van der Waals surface area contributed by atoms with Crippen molar-refractivity contribution in [2.75, 3.05) is 16.8 Å². The van der Waals surface area contributed by atoms with Crippen molar-refractivity contribution in [3.8, 4) is 0 Å². The summed E-state index contributed by atoms with van der Waals surface area (Å²) in [5.74, 6) is 0.0265. The van der Waals surface area contributed by atoms with Crippen LogP contribution in [-0.2, 0) is 4.79 Å². The highest BCUT2D eigenvalue weighted by Gasteiger charge is 2.31. The zero-order valence-corrected chi connectivity index (χ0v) is 13.9. The third-order valence-corrected chi connectivity index (χ3v) is 4.25. The molecule has 2 aromatic carbocycles. The molecule has 124 valence electrons. The molecule has 0 aliphatic carbocycles. The quantitative estimate of drug-likeness (QED) is 0.911. The van der Waals surface area contributed by atoms with Crippen molar-refractivity contribution in [1.82, 2.24) is 5.32 Å². The van der Waals surface area contributed by atoms with Crippen LogP contribution in [0.1, 0.15) is 17.5 Å². The Morgan fingerprint density at radius 2 is 1.71 bits per heavy atom. The van der Waals surface area contributed by atoms with Crippen molar-refractivity contribution in [1.29, 1.82) is 0 Å². The maximum Gasteiger partial charge on any atom is 0.319 e. The summed E-state index contributed by atoms with van der Waals surface area (Å²) in [4.78, 5) is 26.2. The molecule has 1 fully saturated rings. The molecule has 3 amide bonds. The molecule has 1 aliphatic rings. The van der Waals surface area contributed by atoms with Gasteiger partial charge in [0.15, 0.2) is 0 Å². The second-order valence-corrected chi connectivity index (χ2v) is 6.11. The lowest BCUT2D eigenvalue weighted by molar-refractivity contribution is -0.117. The highest BCUT2D eigenvalue weighted by molar-refractivity contribution is 5.97. The number of urea groups is 1. The number of hydrogen-bond acceptors (Lipinski definition) is 2. The molecule has 1 saturated heterocycles. The Bertz CT molecular complexity index is 738. The highest BCUT2D eigenvalue weighted by Crippen LogP contribution is 2.22. The molecule has 1 atom stereocenters. The number of carbonyl (C=O) groups is 2. The van der Waals surface area contributed by atoms with Crippen LogP contribution < -0.4 is 15.5 Å². The number of anilines is 2. The number of hydrogen-bond donors (Lipinski definition) is 2. The number of aryl methyl sites for hydroxylation is 2. The van der Waals surface area contributed by atoms with E-state index in [1.807, 2.05) is 62.4 Å². The number of nitrogens with zero attached hydrogens (tertiary/aromatic N) is 1. The third kappa shape index (κ3) is 3.40. The number of para-hydroxylation sites is 2. The molecule has 24 heavy (non-hydrogen) atoms. The Morgan fingerprint density at radius 1 is 1.04 bits per heavy atom. The second-order valence-electron chi connectivity index (χ2n) is 6.11. The maximum atomic E-state index is 12.3. The van der Waals surface area contributed by atoms with E-state index >= 15 is 0 Å². The number of nitrogens with one attached hydrogen (secondary N) is 2. The molecule has 5 nitrogen and oxygen atoms in total. The van der Waals surface area contributed by atoms with E-state index in [-0.39, 0.29) is 18.0 Å². The molecule has 2 N–H and O–H groups in total. The first-order chi connectivity index (χ1) is 11.5. The van der Waals surface area contributed by atoms with E-state index in [9.17, 15) is 9.59 Å². The Kier molecular flexibility index (Phi) is 4.51. The van der Waals surface area contributed by atoms with Gasteiger partial charge in [0.1, 0.15) is 0 Å². The summed E-state index contributed by atoms with van der Waals surface area (Å²) >= 11 is 0. The normalized spacial score (nSPS) is 17.0. The van der Waals surface area contributed by atoms with Gasteiger partial charge in [0.25, 0.3) is 0 Å². The zero-order chi connectivity index (χ0) is 17.1. The fourth-order valence-corrected chi connectivity index (χ4v) is 3.01. The minimum atomic E-state index is -0.278. The summed E-state index contributed by atoms with van der Waals surface area (Å²) in [7, 11) is 0. The third-order valence-electron chi connectivity index (χ3n) is 4.25. The lowest BCUT2D eigenvalue weighted by atomic mass is 10.1. The lowest BCUT2D eigenvalue weighted by Crippen LogP contribution is -2.40. The average Bonchev–Trinajstić information content (AvgIpc) is 2.92. The zero-order valence-electron chi connectivity index (χ0n) is 13.9. The number of amides is 3. The first kappa shape index (κ1) is 16.1. The minimum absolute atomic E-state index is 0.0265. The van der Waals surface area contributed by atoms with Gasteiger partial charge in [-0.25, -0.2) is 4.79 Å². The predicted octanol–water partition coefficient (Wildman–Crippen LogP) is 3.23. The van der Waals surface area contributed by atoms with Crippen LogP contribution in [0.2, 0.25) is 0 Å². The smallest absolute Gasteiger partial charge is 0.319 e. The van der Waals surface area contributed by atoms with Gasteiger partial charge in [-0.05, 0) is 37.1 Å². The minimum Gasteiger partial charge on any atom is -0.333 e. The van der Waals surface area contributed by atoms with Crippen LogP contribution in [0.5, 0.6) is 0 Å². The summed E-state index contributed by atoms with van der Waals surface area (Å²) in [6.45, 7) is 4.40. The SMILES string of the molecule is Cc1cccc(C)c1NC(=O)N[C@@H]1CC(=O)N(c2ccccc2)C1. The molecule has 0 unspecified atom stereocenters. The van der Waals surface area contributed by atoms with Crippen LogP contribution in [-0.4, -0.2) is 24.5 Å². The topological polar surface area (TPSA) is 61.4 Å². The van der Waals surface area contributed by atoms with Gasteiger partial charge in [0, 0.05) is 24.3 Å². The van der Waals surface area contributed by atoms with Crippen molar-refractivity contribution < 1.29 is 9.59 Å². The van der Waals surface area contributed by atoms with Gasteiger partial charge in [-0.3, -0.25) is 4.79 Å². The number of carbonyl (C=O) groups excluding carboxylic acids is 2. The number of benzene rings is 2. The first-order valence-electron chi connectivity index (χ1n) is 8.04. The molecule has 0 radical (unpaired) electrons. The molecule has 0 saturated carbocycles. The van der Waals surface area contributed by atoms with E-state index in [0.29, 0.717) is 13.0 Å². The van der Waals surface area contributed by atoms with E-state index in [2.05, 4.69) is 10.6 Å². The predicted molar refractivity (Wildman–Crippen MR) is 95.3 cm³/mol. The fraction of sp³-hybridized carbons (Fsp3) is 0.263. The number of rotatable bonds is 3. The lowest BCUT2D eigenvalue weighted by Gasteiger charge is -2.18. The summed E-state index contributed by atoms with van der Waals surface area (Å²) in [6, 6.07) is 14.9. The van der Waals surface area contributed by atoms with E-state index in [1.165, 1.54) is 0 Å². The van der Waals surface area contributed by atoms with Crippen molar-refractivity contribution in [3.05, 3.63) is 59.7 Å². The molecule has 0 bridgehead atoms.